The number of amides is 1. The number of hydrogen-bond acceptors (Lipinski definition) is 6. The zero-order chi connectivity index (χ0) is 16.5. The maximum atomic E-state index is 12.5. The number of nitrogens with zero attached hydrogens (tertiary/aromatic N) is 4. The van der Waals surface area contributed by atoms with Crippen LogP contribution in [0.4, 0.5) is 0 Å². The summed E-state index contributed by atoms with van der Waals surface area (Å²) >= 11 is 1.66. The van der Waals surface area contributed by atoms with Crippen LogP contribution in [0.5, 0.6) is 0 Å². The van der Waals surface area contributed by atoms with E-state index >= 15 is 0 Å². The van der Waals surface area contributed by atoms with Gasteiger partial charge in [-0.1, -0.05) is 5.16 Å². The van der Waals surface area contributed by atoms with Crippen LogP contribution in [0.2, 0.25) is 0 Å². The maximum Gasteiger partial charge on any atom is 0.236 e. The fraction of sp³-hybridized carbons (Fsp3) is 0.588. The molecule has 2 fully saturated rings. The van der Waals surface area contributed by atoms with Gasteiger partial charge in [-0.25, -0.2) is 0 Å². The number of thiophene rings is 1. The van der Waals surface area contributed by atoms with Crippen LogP contribution in [0.25, 0.3) is 0 Å². The molecule has 3 heterocycles. The van der Waals surface area contributed by atoms with Gasteiger partial charge >= 0.3 is 0 Å². The molecule has 7 heteroatoms. The van der Waals surface area contributed by atoms with Gasteiger partial charge in [0.2, 0.25) is 11.8 Å². The van der Waals surface area contributed by atoms with E-state index in [1.165, 1.54) is 5.56 Å². The number of likely N-dealkylation sites (tertiary alicyclic amines) is 1. The van der Waals surface area contributed by atoms with E-state index in [9.17, 15) is 4.79 Å². The lowest BCUT2D eigenvalue weighted by Crippen LogP contribution is -2.38. The Morgan fingerprint density at radius 2 is 2.33 bits per heavy atom. The predicted octanol–water partition coefficient (Wildman–Crippen LogP) is 2.80. The molecule has 0 N–H and O–H groups in total. The van der Waals surface area contributed by atoms with Gasteiger partial charge in [-0.05, 0) is 54.6 Å². The van der Waals surface area contributed by atoms with Crippen molar-refractivity contribution < 1.29 is 9.32 Å². The molecular weight excluding hydrogens is 324 g/mol. The van der Waals surface area contributed by atoms with Gasteiger partial charge in [-0.15, -0.1) is 0 Å². The van der Waals surface area contributed by atoms with E-state index in [0.717, 1.165) is 43.9 Å². The van der Waals surface area contributed by atoms with Crippen LogP contribution >= 0.6 is 11.3 Å². The minimum Gasteiger partial charge on any atom is -0.340 e. The maximum absolute atomic E-state index is 12.5. The van der Waals surface area contributed by atoms with Crippen molar-refractivity contribution in [1.82, 2.24) is 19.9 Å². The van der Waals surface area contributed by atoms with Gasteiger partial charge < -0.3 is 9.42 Å². The molecule has 0 spiro atoms. The second-order valence-corrected chi connectivity index (χ2v) is 7.56. The summed E-state index contributed by atoms with van der Waals surface area (Å²) in [4.78, 5) is 21.1. The molecule has 2 aliphatic rings. The number of hydrogen-bond donors (Lipinski definition) is 0. The summed E-state index contributed by atoms with van der Waals surface area (Å²) in [5.41, 5.74) is 1.18. The molecule has 2 aromatic rings. The molecule has 6 nitrogen and oxygen atoms in total. The molecule has 0 bridgehead atoms. The van der Waals surface area contributed by atoms with Gasteiger partial charge in [0.1, 0.15) is 0 Å². The Kier molecular flexibility index (Phi) is 4.37. The third-order valence-electron chi connectivity index (χ3n) is 4.81. The number of carbonyl (C=O) groups is 1. The highest BCUT2D eigenvalue weighted by Gasteiger charge is 2.35. The average Bonchev–Trinajstić information content (AvgIpc) is 2.97. The quantitative estimate of drug-likeness (QED) is 0.805. The number of likely N-dealkylation sites (N-methyl/N-ethyl adjacent to an activating group) is 1. The molecule has 1 aliphatic carbocycles. The van der Waals surface area contributed by atoms with E-state index < -0.39 is 0 Å². The fourth-order valence-corrected chi connectivity index (χ4v) is 3.89. The zero-order valence-corrected chi connectivity index (χ0v) is 14.7. The Balaban J connectivity index is 1.38. The molecule has 0 aromatic carbocycles. The minimum atomic E-state index is 0.111. The highest BCUT2D eigenvalue weighted by molar-refractivity contribution is 7.07. The standard InChI is InChI=1S/C17H22N4O2S/c1-20(9-12-6-8-24-11-12)15(22)10-21-7-2-3-14(21)16-18-17(23-19-16)13-4-5-13/h6,8,11,13-14H,2-5,7,9-10H2,1H3/t14-/m0/s1. The van der Waals surface area contributed by atoms with Gasteiger partial charge in [-0.2, -0.15) is 16.3 Å². The second kappa shape index (κ2) is 6.64. The van der Waals surface area contributed by atoms with Crippen LogP contribution < -0.4 is 0 Å². The first-order valence-electron chi connectivity index (χ1n) is 8.53. The van der Waals surface area contributed by atoms with E-state index in [1.807, 2.05) is 12.4 Å². The monoisotopic (exact) mass is 346 g/mol. The van der Waals surface area contributed by atoms with E-state index in [-0.39, 0.29) is 11.9 Å². The summed E-state index contributed by atoms with van der Waals surface area (Å²) in [5.74, 6) is 2.14. The summed E-state index contributed by atoms with van der Waals surface area (Å²) in [6, 6.07) is 2.17. The Morgan fingerprint density at radius 3 is 3.08 bits per heavy atom. The molecule has 1 aliphatic heterocycles. The predicted molar refractivity (Wildman–Crippen MR) is 90.6 cm³/mol. The summed E-state index contributed by atoms with van der Waals surface area (Å²) in [6.07, 6.45) is 4.37. The number of rotatable bonds is 6. The van der Waals surface area contributed by atoms with Gasteiger partial charge in [0.05, 0.1) is 12.6 Å². The number of aromatic nitrogens is 2. The van der Waals surface area contributed by atoms with E-state index in [1.54, 1.807) is 16.2 Å². The van der Waals surface area contributed by atoms with Gasteiger partial charge in [0.15, 0.2) is 5.82 Å². The Morgan fingerprint density at radius 1 is 1.46 bits per heavy atom. The third kappa shape index (κ3) is 3.37. The summed E-state index contributed by atoms with van der Waals surface area (Å²) in [5, 5.41) is 8.30. The molecule has 2 aromatic heterocycles. The SMILES string of the molecule is CN(Cc1ccsc1)C(=O)CN1CCC[C@H]1c1noc(C2CC2)n1. The van der Waals surface area contributed by atoms with Crippen molar-refractivity contribution in [3.05, 3.63) is 34.1 Å². The van der Waals surface area contributed by atoms with Crippen molar-refractivity contribution in [2.75, 3.05) is 20.1 Å². The van der Waals surface area contributed by atoms with Crippen LogP contribution in [0.1, 0.15) is 54.9 Å². The van der Waals surface area contributed by atoms with Crippen LogP contribution in [0.15, 0.2) is 21.3 Å². The van der Waals surface area contributed by atoms with Crippen molar-refractivity contribution in [2.45, 2.75) is 44.2 Å². The molecule has 1 amide bonds. The van der Waals surface area contributed by atoms with Crippen LogP contribution in [-0.2, 0) is 11.3 Å². The van der Waals surface area contributed by atoms with Gasteiger partial charge in [0, 0.05) is 19.5 Å². The van der Waals surface area contributed by atoms with Gasteiger partial charge in [-0.3, -0.25) is 9.69 Å². The lowest BCUT2D eigenvalue weighted by Gasteiger charge is -2.24. The molecule has 0 unspecified atom stereocenters. The minimum absolute atomic E-state index is 0.111. The van der Waals surface area contributed by atoms with Crippen molar-refractivity contribution in [3.63, 3.8) is 0 Å². The van der Waals surface area contributed by atoms with Crippen molar-refractivity contribution in [2.24, 2.45) is 0 Å². The lowest BCUT2D eigenvalue weighted by atomic mass is 10.2. The molecule has 1 atom stereocenters. The third-order valence-corrected chi connectivity index (χ3v) is 5.54. The fourth-order valence-electron chi connectivity index (χ4n) is 3.23. The molecule has 0 radical (unpaired) electrons. The summed E-state index contributed by atoms with van der Waals surface area (Å²) in [7, 11) is 1.87. The van der Waals surface area contributed by atoms with Gasteiger partial charge in [0.25, 0.3) is 0 Å². The number of carbonyl (C=O) groups excluding carboxylic acids is 1. The molecular formula is C17H22N4O2S. The molecule has 24 heavy (non-hydrogen) atoms. The second-order valence-electron chi connectivity index (χ2n) is 6.77. The molecule has 4 rings (SSSR count). The first kappa shape index (κ1) is 15.8. The van der Waals surface area contributed by atoms with E-state index in [0.29, 0.717) is 19.0 Å². The highest BCUT2D eigenvalue weighted by atomic mass is 32.1. The lowest BCUT2D eigenvalue weighted by molar-refractivity contribution is -0.131. The largest absolute Gasteiger partial charge is 0.340 e. The molecule has 1 saturated carbocycles. The summed E-state index contributed by atoms with van der Waals surface area (Å²) in [6.45, 7) is 1.99. The molecule has 128 valence electrons. The van der Waals surface area contributed by atoms with Crippen LogP contribution in [-0.4, -0.2) is 46.0 Å². The Labute approximate surface area is 145 Å². The van der Waals surface area contributed by atoms with Crippen LogP contribution in [0, 0.1) is 0 Å². The smallest absolute Gasteiger partial charge is 0.236 e. The van der Waals surface area contributed by atoms with E-state index in [4.69, 9.17) is 4.52 Å². The molecule has 1 saturated heterocycles. The highest BCUT2D eigenvalue weighted by Crippen LogP contribution is 2.40. The zero-order valence-electron chi connectivity index (χ0n) is 13.9. The van der Waals surface area contributed by atoms with Crippen molar-refractivity contribution in [3.8, 4) is 0 Å². The average molecular weight is 346 g/mol. The first-order chi connectivity index (χ1) is 11.7. The first-order valence-corrected chi connectivity index (χ1v) is 9.47. The van der Waals surface area contributed by atoms with E-state index in [2.05, 4.69) is 26.5 Å². The summed E-state index contributed by atoms with van der Waals surface area (Å²) < 4.78 is 5.39. The Hall–Kier alpha value is -1.73. The topological polar surface area (TPSA) is 62.5 Å². The van der Waals surface area contributed by atoms with Crippen molar-refractivity contribution >= 4 is 17.2 Å². The van der Waals surface area contributed by atoms with Crippen molar-refractivity contribution in [1.29, 1.82) is 0 Å². The normalized spacial score (nSPS) is 21.3. The van der Waals surface area contributed by atoms with Crippen LogP contribution in [0.3, 0.4) is 0 Å². The Bertz CT molecular complexity index is 695.